The summed E-state index contributed by atoms with van der Waals surface area (Å²) < 4.78 is 10.9. The SMILES string of the molecule is C=C(C)C(=O)OCCOCc1c2ccccc2c(C)c2ccccc12. The van der Waals surface area contributed by atoms with Crippen molar-refractivity contribution < 1.29 is 14.3 Å². The first kappa shape index (κ1) is 17.2. The average molecular weight is 334 g/mol. The first-order chi connectivity index (χ1) is 12.1. The molecule has 25 heavy (non-hydrogen) atoms. The van der Waals surface area contributed by atoms with Crippen LogP contribution in [-0.2, 0) is 20.9 Å². The summed E-state index contributed by atoms with van der Waals surface area (Å²) in [5, 5.41) is 4.90. The highest BCUT2D eigenvalue weighted by Crippen LogP contribution is 2.32. The fourth-order valence-electron chi connectivity index (χ4n) is 3.08. The molecule has 0 aliphatic heterocycles. The number of fused-ring (bicyclic) bond motifs is 2. The second kappa shape index (κ2) is 7.49. The predicted molar refractivity (Wildman–Crippen MR) is 102 cm³/mol. The van der Waals surface area contributed by atoms with Crippen LogP contribution in [0.5, 0.6) is 0 Å². The van der Waals surface area contributed by atoms with Crippen molar-refractivity contribution in [2.24, 2.45) is 0 Å². The molecule has 0 aliphatic carbocycles. The maximum atomic E-state index is 11.4. The molecule has 3 aromatic rings. The second-order valence-corrected chi connectivity index (χ2v) is 6.16. The molecule has 3 aromatic carbocycles. The minimum absolute atomic E-state index is 0.230. The third-order valence-corrected chi connectivity index (χ3v) is 4.37. The van der Waals surface area contributed by atoms with Gasteiger partial charge in [0.1, 0.15) is 6.61 Å². The van der Waals surface area contributed by atoms with E-state index < -0.39 is 0 Å². The van der Waals surface area contributed by atoms with Gasteiger partial charge in [-0.25, -0.2) is 4.79 Å². The van der Waals surface area contributed by atoms with Gasteiger partial charge in [0.15, 0.2) is 0 Å². The summed E-state index contributed by atoms with van der Waals surface area (Å²) in [4.78, 5) is 11.4. The van der Waals surface area contributed by atoms with Crippen molar-refractivity contribution in [3.8, 4) is 0 Å². The van der Waals surface area contributed by atoms with Crippen molar-refractivity contribution >= 4 is 27.5 Å². The normalized spacial score (nSPS) is 11.0. The van der Waals surface area contributed by atoms with Crippen LogP contribution in [0.2, 0.25) is 0 Å². The van der Waals surface area contributed by atoms with E-state index in [0.29, 0.717) is 18.8 Å². The summed E-state index contributed by atoms with van der Waals surface area (Å²) in [6.45, 7) is 8.42. The second-order valence-electron chi connectivity index (χ2n) is 6.16. The van der Waals surface area contributed by atoms with Crippen molar-refractivity contribution in [2.75, 3.05) is 13.2 Å². The summed E-state index contributed by atoms with van der Waals surface area (Å²) in [7, 11) is 0. The molecule has 3 heteroatoms. The molecule has 3 nitrogen and oxygen atoms in total. The fourth-order valence-corrected chi connectivity index (χ4v) is 3.08. The van der Waals surface area contributed by atoms with Gasteiger partial charge in [0, 0.05) is 5.57 Å². The number of aryl methyl sites for hydroxylation is 1. The van der Waals surface area contributed by atoms with Gasteiger partial charge in [-0.15, -0.1) is 0 Å². The van der Waals surface area contributed by atoms with Crippen LogP contribution in [0, 0.1) is 6.92 Å². The van der Waals surface area contributed by atoms with Crippen molar-refractivity contribution in [3.63, 3.8) is 0 Å². The Kier molecular flexibility index (Phi) is 5.15. The molecule has 0 heterocycles. The quantitative estimate of drug-likeness (QED) is 0.277. The standard InChI is InChI=1S/C22H22O3/c1-15(2)22(23)25-13-12-24-14-21-19-10-6-4-8-17(19)16(3)18-9-5-7-11-20(18)21/h4-11H,1,12-14H2,2-3H3. The van der Waals surface area contributed by atoms with Gasteiger partial charge in [-0.05, 0) is 46.5 Å². The number of hydrogen-bond donors (Lipinski definition) is 0. The molecule has 0 aromatic heterocycles. The van der Waals surface area contributed by atoms with Gasteiger partial charge in [-0.2, -0.15) is 0 Å². The third kappa shape index (κ3) is 3.57. The van der Waals surface area contributed by atoms with Gasteiger partial charge >= 0.3 is 5.97 Å². The number of ether oxygens (including phenoxy) is 2. The number of carbonyl (C=O) groups excluding carboxylic acids is 1. The summed E-state index contributed by atoms with van der Waals surface area (Å²) >= 11 is 0. The van der Waals surface area contributed by atoms with Gasteiger partial charge in [0.25, 0.3) is 0 Å². The van der Waals surface area contributed by atoms with Crippen LogP contribution in [0.15, 0.2) is 60.7 Å². The van der Waals surface area contributed by atoms with E-state index in [1.54, 1.807) is 6.92 Å². The number of carbonyl (C=O) groups is 1. The molecule has 0 fully saturated rings. The van der Waals surface area contributed by atoms with Gasteiger partial charge in [-0.3, -0.25) is 0 Å². The van der Waals surface area contributed by atoms with Gasteiger partial charge in [0.2, 0.25) is 0 Å². The van der Waals surface area contributed by atoms with E-state index in [0.717, 1.165) is 0 Å². The lowest BCUT2D eigenvalue weighted by Gasteiger charge is -2.15. The molecule has 0 aliphatic rings. The zero-order valence-corrected chi connectivity index (χ0v) is 14.7. The van der Waals surface area contributed by atoms with Gasteiger partial charge < -0.3 is 9.47 Å². The molecular formula is C22H22O3. The lowest BCUT2D eigenvalue weighted by atomic mass is 9.93. The monoisotopic (exact) mass is 334 g/mol. The molecule has 0 amide bonds. The number of hydrogen-bond acceptors (Lipinski definition) is 3. The maximum Gasteiger partial charge on any atom is 0.333 e. The number of esters is 1. The minimum Gasteiger partial charge on any atom is -0.460 e. The largest absolute Gasteiger partial charge is 0.460 e. The third-order valence-electron chi connectivity index (χ3n) is 4.37. The molecule has 0 atom stereocenters. The molecule has 0 unspecified atom stereocenters. The lowest BCUT2D eigenvalue weighted by molar-refractivity contribution is -0.140. The van der Waals surface area contributed by atoms with Gasteiger partial charge in [0.05, 0.1) is 13.2 Å². The first-order valence-corrected chi connectivity index (χ1v) is 8.39. The van der Waals surface area contributed by atoms with Crippen molar-refractivity contribution in [3.05, 3.63) is 71.8 Å². The highest BCUT2D eigenvalue weighted by Gasteiger charge is 2.11. The summed E-state index contributed by atoms with van der Waals surface area (Å²) in [6.07, 6.45) is 0. The van der Waals surface area contributed by atoms with E-state index >= 15 is 0 Å². The minimum atomic E-state index is -0.380. The van der Waals surface area contributed by atoms with Crippen LogP contribution in [-0.4, -0.2) is 19.2 Å². The molecule has 0 radical (unpaired) electrons. The van der Waals surface area contributed by atoms with Crippen LogP contribution in [0.3, 0.4) is 0 Å². The molecule has 0 bridgehead atoms. The van der Waals surface area contributed by atoms with Crippen LogP contribution >= 0.6 is 0 Å². The first-order valence-electron chi connectivity index (χ1n) is 8.39. The van der Waals surface area contributed by atoms with Crippen LogP contribution in [0.25, 0.3) is 21.5 Å². The lowest BCUT2D eigenvalue weighted by Crippen LogP contribution is -2.11. The predicted octanol–water partition coefficient (Wildman–Crippen LogP) is 4.94. The number of benzene rings is 3. The fraction of sp³-hybridized carbons (Fsp3) is 0.227. The Hall–Kier alpha value is -2.65. The van der Waals surface area contributed by atoms with E-state index in [1.165, 1.54) is 32.7 Å². The highest BCUT2D eigenvalue weighted by atomic mass is 16.6. The van der Waals surface area contributed by atoms with E-state index in [9.17, 15) is 4.79 Å². The molecular weight excluding hydrogens is 312 g/mol. The van der Waals surface area contributed by atoms with Crippen LogP contribution in [0.1, 0.15) is 18.1 Å². The summed E-state index contributed by atoms with van der Waals surface area (Å²) in [5.74, 6) is -0.380. The van der Waals surface area contributed by atoms with Crippen molar-refractivity contribution in [1.82, 2.24) is 0 Å². The Morgan fingerprint density at radius 1 is 0.920 bits per heavy atom. The topological polar surface area (TPSA) is 35.5 Å². The molecule has 0 N–H and O–H groups in total. The summed E-state index contributed by atoms with van der Waals surface area (Å²) in [5.41, 5.74) is 2.85. The Balaban J connectivity index is 1.83. The zero-order chi connectivity index (χ0) is 17.8. The van der Waals surface area contributed by atoms with Crippen LogP contribution in [0.4, 0.5) is 0 Å². The Morgan fingerprint density at radius 2 is 1.44 bits per heavy atom. The molecule has 0 saturated carbocycles. The van der Waals surface area contributed by atoms with Crippen LogP contribution < -0.4 is 0 Å². The maximum absolute atomic E-state index is 11.4. The Bertz CT molecular complexity index is 884. The van der Waals surface area contributed by atoms with E-state index in [-0.39, 0.29) is 12.6 Å². The molecule has 3 rings (SSSR count). The Morgan fingerprint density at radius 3 is 1.96 bits per heavy atom. The highest BCUT2D eigenvalue weighted by molar-refractivity contribution is 6.05. The number of rotatable bonds is 6. The van der Waals surface area contributed by atoms with Gasteiger partial charge in [-0.1, -0.05) is 55.1 Å². The van der Waals surface area contributed by atoms with Crippen molar-refractivity contribution in [2.45, 2.75) is 20.5 Å². The molecule has 0 saturated heterocycles. The van der Waals surface area contributed by atoms with E-state index in [4.69, 9.17) is 9.47 Å². The Labute approximate surface area is 147 Å². The summed E-state index contributed by atoms with van der Waals surface area (Å²) in [6, 6.07) is 16.8. The average Bonchev–Trinajstić information content (AvgIpc) is 2.63. The molecule has 0 spiro atoms. The van der Waals surface area contributed by atoms with Crippen molar-refractivity contribution in [1.29, 1.82) is 0 Å². The van der Waals surface area contributed by atoms with E-state index in [1.807, 2.05) is 0 Å². The zero-order valence-electron chi connectivity index (χ0n) is 14.7. The van der Waals surface area contributed by atoms with E-state index in [2.05, 4.69) is 62.0 Å². The molecule has 128 valence electrons. The smallest absolute Gasteiger partial charge is 0.333 e.